The number of para-hydroxylation sites is 1. The molecule has 3 aliphatic rings. The smallest absolute Gasteiger partial charge is 0.167 e. The summed E-state index contributed by atoms with van der Waals surface area (Å²) < 4.78 is 1.10. The van der Waals surface area contributed by atoms with E-state index in [1.165, 1.54) is 28.7 Å². The van der Waals surface area contributed by atoms with Gasteiger partial charge in [0.25, 0.3) is 0 Å². The van der Waals surface area contributed by atoms with Crippen molar-refractivity contribution < 1.29 is 9.59 Å². The highest BCUT2D eigenvalue weighted by Crippen LogP contribution is 2.63. The fraction of sp³-hybridized carbons (Fsp3) is 0.579. The van der Waals surface area contributed by atoms with Gasteiger partial charge in [0.05, 0.1) is 25.3 Å². The fourth-order valence-corrected chi connectivity index (χ4v) is 6.26. The molecule has 5 rings (SSSR count). The topological polar surface area (TPSA) is 36.0 Å². The predicted octanol–water partition coefficient (Wildman–Crippen LogP) is 2.93. The first-order chi connectivity index (χ1) is 10.6. The number of H-pyrrole nitrogens is 1. The van der Waals surface area contributed by atoms with Gasteiger partial charge in [-0.2, -0.15) is 0 Å². The van der Waals surface area contributed by atoms with Crippen molar-refractivity contribution in [2.75, 3.05) is 19.6 Å². The highest BCUT2D eigenvalue weighted by Gasteiger charge is 2.77. The SMILES string of the molecule is CCC1C[N@+]23CCc4c([nH]c5ccccc45)[C@]2(C)[C@@]1(O)CC3. The van der Waals surface area contributed by atoms with Crippen molar-refractivity contribution in [1.82, 2.24) is 4.98 Å². The number of aliphatic hydroxyl groups is 1. The summed E-state index contributed by atoms with van der Waals surface area (Å²) >= 11 is 0. The number of nitrogens with one attached hydrogen (secondary N) is 1. The van der Waals surface area contributed by atoms with Gasteiger partial charge in [0, 0.05) is 29.7 Å². The molecule has 0 radical (unpaired) electrons. The molecular weight excluding hydrogens is 272 g/mol. The summed E-state index contributed by atoms with van der Waals surface area (Å²) in [5.74, 6) is 0.434. The summed E-state index contributed by atoms with van der Waals surface area (Å²) in [4.78, 5) is 3.72. The van der Waals surface area contributed by atoms with Crippen molar-refractivity contribution in [3.05, 3.63) is 35.5 Å². The quantitative estimate of drug-likeness (QED) is 0.780. The second-order valence-electron chi connectivity index (χ2n) is 7.90. The van der Waals surface area contributed by atoms with Crippen LogP contribution in [0, 0.1) is 5.92 Å². The number of fused-ring (bicyclic) bond motifs is 3. The Morgan fingerprint density at radius 3 is 2.95 bits per heavy atom. The van der Waals surface area contributed by atoms with Crippen LogP contribution in [-0.4, -0.2) is 39.8 Å². The minimum atomic E-state index is -0.544. The first-order valence-corrected chi connectivity index (χ1v) is 8.74. The molecule has 0 saturated carbocycles. The minimum Gasteiger partial charge on any atom is -0.382 e. The Morgan fingerprint density at radius 1 is 1.32 bits per heavy atom. The molecule has 3 heteroatoms. The highest BCUT2D eigenvalue weighted by atomic mass is 16.3. The summed E-state index contributed by atoms with van der Waals surface area (Å²) in [5.41, 5.74) is 3.33. The monoisotopic (exact) mass is 297 g/mol. The Bertz CT molecular complexity index is 781. The molecule has 2 fully saturated rings. The van der Waals surface area contributed by atoms with Crippen LogP contribution in [0.4, 0.5) is 0 Å². The van der Waals surface area contributed by atoms with E-state index in [0.717, 1.165) is 36.8 Å². The number of rotatable bonds is 1. The minimum absolute atomic E-state index is 0.152. The van der Waals surface area contributed by atoms with Crippen LogP contribution < -0.4 is 0 Å². The van der Waals surface area contributed by atoms with E-state index < -0.39 is 5.60 Å². The number of aromatic nitrogens is 1. The van der Waals surface area contributed by atoms with E-state index in [-0.39, 0.29) is 5.54 Å². The summed E-state index contributed by atoms with van der Waals surface area (Å²) in [5, 5.41) is 13.0. The van der Waals surface area contributed by atoms with Crippen LogP contribution in [0.1, 0.15) is 37.9 Å². The number of nitrogens with zero attached hydrogens (tertiary/aromatic N) is 1. The lowest BCUT2D eigenvalue weighted by atomic mass is 9.72. The molecule has 2 saturated heterocycles. The molecule has 0 spiro atoms. The molecule has 0 aliphatic carbocycles. The first-order valence-electron chi connectivity index (χ1n) is 8.74. The molecule has 22 heavy (non-hydrogen) atoms. The lowest BCUT2D eigenvalue weighted by Crippen LogP contribution is -2.61. The highest BCUT2D eigenvalue weighted by molar-refractivity contribution is 5.85. The molecule has 4 heterocycles. The van der Waals surface area contributed by atoms with Gasteiger partial charge in [-0.1, -0.05) is 25.1 Å². The van der Waals surface area contributed by atoms with Gasteiger partial charge in [-0.15, -0.1) is 0 Å². The zero-order chi connectivity index (χ0) is 15.2. The Kier molecular flexibility index (Phi) is 2.25. The van der Waals surface area contributed by atoms with Gasteiger partial charge in [-0.3, -0.25) is 0 Å². The zero-order valence-electron chi connectivity index (χ0n) is 13.5. The fourth-order valence-electron chi connectivity index (χ4n) is 6.26. The molecule has 1 aromatic heterocycles. The molecule has 116 valence electrons. The van der Waals surface area contributed by atoms with Gasteiger partial charge in [-0.25, -0.2) is 0 Å². The first kappa shape index (κ1) is 13.1. The molecular formula is C19H25N2O+. The van der Waals surface area contributed by atoms with Crippen LogP contribution in [-0.2, 0) is 12.0 Å². The van der Waals surface area contributed by atoms with Crippen LogP contribution >= 0.6 is 0 Å². The van der Waals surface area contributed by atoms with E-state index >= 15 is 0 Å². The average molecular weight is 297 g/mol. The second-order valence-corrected chi connectivity index (χ2v) is 7.90. The molecule has 4 atom stereocenters. The number of piperidine rings is 1. The summed E-state index contributed by atoms with van der Waals surface area (Å²) in [6.45, 7) is 8.05. The average Bonchev–Trinajstić information content (AvgIpc) is 3.08. The van der Waals surface area contributed by atoms with Crippen LogP contribution in [0.15, 0.2) is 24.3 Å². The maximum atomic E-state index is 11.7. The standard InChI is InChI=1S/C19H25N2O/c1-3-13-12-21-10-8-15-14-6-4-5-7-16(14)20-17(15)18(21,2)19(13,22)9-11-21/h4-7,13,20,22H,3,8-12H2,1-2H3/q+1/t13?,18-,19-,21-/m1/s1. The van der Waals surface area contributed by atoms with Crippen LogP contribution in [0.5, 0.6) is 0 Å². The van der Waals surface area contributed by atoms with Crippen molar-refractivity contribution in [2.45, 2.75) is 44.2 Å². The van der Waals surface area contributed by atoms with Crippen LogP contribution in [0.25, 0.3) is 10.9 Å². The summed E-state index contributed by atoms with van der Waals surface area (Å²) in [6, 6.07) is 8.64. The van der Waals surface area contributed by atoms with Gasteiger partial charge < -0.3 is 14.6 Å². The molecule has 3 nitrogen and oxygen atoms in total. The zero-order valence-corrected chi connectivity index (χ0v) is 13.5. The number of hydrogen-bond acceptors (Lipinski definition) is 1. The number of quaternary nitrogens is 1. The molecule has 3 aliphatic heterocycles. The van der Waals surface area contributed by atoms with Crippen molar-refractivity contribution in [2.24, 2.45) is 5.92 Å². The largest absolute Gasteiger partial charge is 0.382 e. The lowest BCUT2D eigenvalue weighted by Gasteiger charge is -2.47. The summed E-state index contributed by atoms with van der Waals surface area (Å²) in [7, 11) is 0. The van der Waals surface area contributed by atoms with E-state index in [0.29, 0.717) is 5.92 Å². The van der Waals surface area contributed by atoms with Crippen molar-refractivity contribution >= 4 is 10.9 Å². The third kappa shape index (κ3) is 1.14. The third-order valence-electron chi connectivity index (χ3n) is 7.54. The number of benzene rings is 1. The molecule has 1 unspecified atom stereocenters. The number of aromatic amines is 1. The van der Waals surface area contributed by atoms with Gasteiger partial charge in [0.2, 0.25) is 0 Å². The molecule has 2 aromatic rings. The van der Waals surface area contributed by atoms with E-state index in [1.807, 2.05) is 0 Å². The van der Waals surface area contributed by atoms with E-state index in [2.05, 4.69) is 43.1 Å². The summed E-state index contributed by atoms with van der Waals surface area (Å²) in [6.07, 6.45) is 3.18. The van der Waals surface area contributed by atoms with Gasteiger partial charge in [0.15, 0.2) is 5.54 Å². The maximum absolute atomic E-state index is 11.7. The van der Waals surface area contributed by atoms with Gasteiger partial charge >= 0.3 is 0 Å². The van der Waals surface area contributed by atoms with Gasteiger partial charge in [-0.05, 0) is 25.0 Å². The third-order valence-corrected chi connectivity index (χ3v) is 7.54. The molecule has 0 amide bonds. The second kappa shape index (κ2) is 3.77. The Labute approximate surface area is 131 Å². The normalized spacial score (nSPS) is 42.6. The van der Waals surface area contributed by atoms with E-state index in [9.17, 15) is 5.11 Å². The van der Waals surface area contributed by atoms with Crippen LogP contribution in [0.2, 0.25) is 0 Å². The van der Waals surface area contributed by atoms with Crippen molar-refractivity contribution in [3.63, 3.8) is 0 Å². The maximum Gasteiger partial charge on any atom is 0.167 e. The molecule has 1 aromatic carbocycles. The van der Waals surface area contributed by atoms with Crippen molar-refractivity contribution in [1.29, 1.82) is 0 Å². The molecule has 2 bridgehead atoms. The predicted molar refractivity (Wildman–Crippen MR) is 87.6 cm³/mol. The Hall–Kier alpha value is -1.32. The molecule has 2 N–H and O–H groups in total. The lowest BCUT2D eigenvalue weighted by molar-refractivity contribution is -0.965. The van der Waals surface area contributed by atoms with E-state index in [4.69, 9.17) is 0 Å². The van der Waals surface area contributed by atoms with E-state index in [1.54, 1.807) is 0 Å². The van der Waals surface area contributed by atoms with Gasteiger partial charge in [0.1, 0.15) is 5.60 Å². The van der Waals surface area contributed by atoms with Crippen molar-refractivity contribution in [3.8, 4) is 0 Å². The Balaban J connectivity index is 1.83. The Morgan fingerprint density at radius 2 is 2.14 bits per heavy atom. The number of hydrogen-bond donors (Lipinski definition) is 2. The van der Waals surface area contributed by atoms with Crippen LogP contribution in [0.3, 0.4) is 0 Å².